The molecule has 0 unspecified atom stereocenters. The Kier molecular flexibility index (Phi) is 4.51. The number of nitrogens with zero attached hydrogens (tertiary/aromatic N) is 1. The average Bonchev–Trinajstić information content (AvgIpc) is 1.37. The van der Waals surface area contributed by atoms with Crippen LogP contribution in [0.4, 0.5) is 0 Å². The van der Waals surface area contributed by atoms with E-state index in [9.17, 15) is 0 Å². The Morgan fingerprint density at radius 1 is 2.00 bits per heavy atom. The van der Waals surface area contributed by atoms with Gasteiger partial charge in [-0.25, -0.2) is 0 Å². The summed E-state index contributed by atoms with van der Waals surface area (Å²) in [6.45, 7) is 0. The molecule has 0 aromatic carbocycles. The second kappa shape index (κ2) is 3.78. The minimum absolute atomic E-state index is 0.629. The van der Waals surface area contributed by atoms with E-state index in [1.165, 1.54) is 8.24 Å². The van der Waals surface area contributed by atoms with E-state index in [1.807, 2.05) is 5.40 Å². The van der Waals surface area contributed by atoms with Gasteiger partial charge in [-0.05, 0) is 0 Å². The average molecular weight is 259 g/mol. The Labute approximate surface area is 43.5 Å². The summed E-state index contributed by atoms with van der Waals surface area (Å²) in [6, 6.07) is 0. The van der Waals surface area contributed by atoms with Gasteiger partial charge in [-0.3, -0.25) is 0 Å². The molecule has 0 radical (unpaired) electrons. The molecule has 0 aromatic heterocycles. The van der Waals surface area contributed by atoms with E-state index in [-0.39, 0.29) is 0 Å². The summed E-state index contributed by atoms with van der Waals surface area (Å²) in [5.41, 5.74) is 0. The van der Waals surface area contributed by atoms with Gasteiger partial charge < -0.3 is 0 Å². The van der Waals surface area contributed by atoms with Crippen LogP contribution in [0, 0.1) is 10.7 Å². The third-order valence-corrected chi connectivity index (χ3v) is 1.70. The molecule has 0 heterocycles. The van der Waals surface area contributed by atoms with E-state index in [4.69, 9.17) is 5.26 Å². The van der Waals surface area contributed by atoms with Crippen LogP contribution in [-0.2, 0) is 24.6 Å². The van der Waals surface area contributed by atoms with Gasteiger partial charge in [0.1, 0.15) is 0 Å². The molecule has 0 amide bonds. The van der Waals surface area contributed by atoms with Crippen molar-refractivity contribution in [2.75, 3.05) is 0 Å². The molecule has 0 aliphatic heterocycles. The Bertz CT molecular complexity index is 37.8. The van der Waals surface area contributed by atoms with Crippen molar-refractivity contribution < 1.29 is 24.6 Å². The number of thiocyanates is 1. The molecule has 0 bridgehead atoms. The van der Waals surface area contributed by atoms with Crippen LogP contribution in [0.25, 0.3) is 0 Å². The predicted molar refractivity (Wildman–Crippen MR) is 13.2 cm³/mol. The van der Waals surface area contributed by atoms with E-state index in [1.54, 1.807) is 0 Å². The topological polar surface area (TPSA) is 23.8 Å². The molecule has 0 spiro atoms. The van der Waals surface area contributed by atoms with E-state index < -0.39 is 0 Å². The Balaban J connectivity index is 2.43. The summed E-state index contributed by atoms with van der Waals surface area (Å²) in [7, 11) is 1.36. The number of hydrogen-bond acceptors (Lipinski definition) is 2. The predicted octanol–water partition coefficient (Wildman–Crippen LogP) is 0.662. The van der Waals surface area contributed by atoms with Crippen LogP contribution in [0.5, 0.6) is 0 Å². The van der Waals surface area contributed by atoms with Crippen molar-refractivity contribution in [3.63, 3.8) is 0 Å². The molecule has 4 heavy (non-hydrogen) atoms. The van der Waals surface area contributed by atoms with Crippen molar-refractivity contribution in [2.45, 2.75) is 0 Å². The number of nitriles is 1. The third-order valence-electron chi connectivity index (χ3n) is 0.0645. The molecule has 0 aliphatic carbocycles. The first-order chi connectivity index (χ1) is 1.91. The van der Waals surface area contributed by atoms with E-state index in [0.717, 1.165) is 0 Å². The van der Waals surface area contributed by atoms with Crippen LogP contribution >= 0.6 is 8.24 Å². The summed E-state index contributed by atoms with van der Waals surface area (Å²) in [6.07, 6.45) is 0. The first kappa shape index (κ1) is 4.78. The zero-order chi connectivity index (χ0) is 3.41. The van der Waals surface area contributed by atoms with Gasteiger partial charge in [0, 0.05) is 0 Å². The van der Waals surface area contributed by atoms with Gasteiger partial charge in [0.15, 0.2) is 0 Å². The Morgan fingerprint density at radius 3 is 2.25 bits per heavy atom. The van der Waals surface area contributed by atoms with Gasteiger partial charge in [-0.2, -0.15) is 0 Å². The maximum absolute atomic E-state index is 7.64. The van der Waals surface area contributed by atoms with E-state index in [0.29, 0.717) is 24.6 Å². The molecule has 0 aliphatic rings. The molecular weight excluding hydrogens is 259 g/mol. The molecule has 0 saturated heterocycles. The summed E-state index contributed by atoms with van der Waals surface area (Å²) in [5, 5.41) is 9.57. The fourth-order valence-electron chi connectivity index (χ4n) is 0. The van der Waals surface area contributed by atoms with Crippen molar-refractivity contribution in [1.82, 2.24) is 0 Å². The van der Waals surface area contributed by atoms with Crippen molar-refractivity contribution in [3.05, 3.63) is 0 Å². The summed E-state index contributed by atoms with van der Waals surface area (Å²) in [5.74, 6) is 0. The zero-order valence-electron chi connectivity index (χ0n) is 2.06. The normalized spacial score (nSPS) is 5.25. The van der Waals surface area contributed by atoms with Gasteiger partial charge >= 0.3 is 43.5 Å². The van der Waals surface area contributed by atoms with Crippen molar-refractivity contribution >= 4 is 8.24 Å². The monoisotopic (exact) mass is 260 g/mol. The van der Waals surface area contributed by atoms with Crippen LogP contribution in [0.3, 0.4) is 0 Å². The quantitative estimate of drug-likeness (QED) is 0.471. The van der Waals surface area contributed by atoms with Crippen LogP contribution < -0.4 is 0 Å². The number of hydrogen-bond donors (Lipinski definition) is 0. The molecule has 3 heteroatoms. The molecule has 0 atom stereocenters. The van der Waals surface area contributed by atoms with Gasteiger partial charge in [0.25, 0.3) is 0 Å². The van der Waals surface area contributed by atoms with Crippen molar-refractivity contribution in [1.29, 1.82) is 5.26 Å². The first-order valence-electron chi connectivity index (χ1n) is 0.716. The molecule has 1 nitrogen and oxygen atoms in total. The molecule has 0 N–H and O–H groups in total. The van der Waals surface area contributed by atoms with Crippen LogP contribution in [0.2, 0.25) is 0 Å². The van der Waals surface area contributed by atoms with Crippen molar-refractivity contribution in [2.24, 2.45) is 0 Å². The van der Waals surface area contributed by atoms with Crippen molar-refractivity contribution in [3.8, 4) is 5.40 Å². The molecule has 17 valence electrons. The van der Waals surface area contributed by atoms with Crippen LogP contribution in [0.1, 0.15) is 0 Å². The molecule has 0 rings (SSSR count). The SMILES string of the molecule is N#C[S][Hg]. The second-order valence-electron chi connectivity index (χ2n) is 0.236. The van der Waals surface area contributed by atoms with E-state index >= 15 is 0 Å². The Hall–Kier alpha value is 0.775. The molecular formula is CHgNS. The summed E-state index contributed by atoms with van der Waals surface area (Å²) in [4.78, 5) is 0. The fraction of sp³-hybridized carbons (Fsp3) is 0. The number of rotatable bonds is 0. The third kappa shape index (κ3) is 2.78. The van der Waals surface area contributed by atoms with Crippen LogP contribution in [-0.4, -0.2) is 0 Å². The van der Waals surface area contributed by atoms with Crippen LogP contribution in [0.15, 0.2) is 0 Å². The molecule has 0 saturated carbocycles. The maximum atomic E-state index is 7.64. The van der Waals surface area contributed by atoms with E-state index in [2.05, 4.69) is 0 Å². The zero-order valence-corrected chi connectivity index (χ0v) is 8.38. The Morgan fingerprint density at radius 2 is 2.25 bits per heavy atom. The first-order valence-corrected chi connectivity index (χ1v) is 8.44. The molecule has 0 aromatic rings. The molecule has 0 fully saturated rings. The summed E-state index contributed by atoms with van der Waals surface area (Å²) < 4.78 is 0. The second-order valence-corrected chi connectivity index (χ2v) is 4.07. The van der Waals surface area contributed by atoms with Gasteiger partial charge in [-0.15, -0.1) is 0 Å². The fourth-order valence-corrected chi connectivity index (χ4v) is 0. The van der Waals surface area contributed by atoms with Gasteiger partial charge in [0.05, 0.1) is 0 Å². The van der Waals surface area contributed by atoms with Gasteiger partial charge in [0.2, 0.25) is 0 Å². The van der Waals surface area contributed by atoms with Gasteiger partial charge in [-0.1, -0.05) is 0 Å². The summed E-state index contributed by atoms with van der Waals surface area (Å²) >= 11 is 0.629. The minimum atomic E-state index is 0.629. The standard InChI is InChI=1S/CHNS.Hg/c2-1-3;/h3H;/q;+1/p-1.